The summed E-state index contributed by atoms with van der Waals surface area (Å²) in [6.45, 7) is 1.00. The maximum atomic E-state index is 12.0. The third-order valence-electron chi connectivity index (χ3n) is 4.41. The van der Waals surface area contributed by atoms with E-state index in [1.54, 1.807) is 22.7 Å². The van der Waals surface area contributed by atoms with E-state index in [-0.39, 0.29) is 11.8 Å². The average Bonchev–Trinajstić information content (AvgIpc) is 3.42. The van der Waals surface area contributed by atoms with Crippen molar-refractivity contribution in [2.45, 2.75) is 38.8 Å². The number of nitrogens with one attached hydrogen (secondary N) is 2. The van der Waals surface area contributed by atoms with Crippen LogP contribution in [-0.4, -0.2) is 11.8 Å². The van der Waals surface area contributed by atoms with Crippen LogP contribution in [0.4, 0.5) is 0 Å². The van der Waals surface area contributed by atoms with E-state index in [0.717, 1.165) is 24.0 Å². The Kier molecular flexibility index (Phi) is 7.82. The fourth-order valence-electron chi connectivity index (χ4n) is 2.81. The number of benzene rings is 1. The van der Waals surface area contributed by atoms with Crippen LogP contribution in [0.25, 0.3) is 0 Å². The van der Waals surface area contributed by atoms with E-state index in [4.69, 9.17) is 0 Å². The molecule has 0 aliphatic carbocycles. The van der Waals surface area contributed by atoms with E-state index in [1.807, 2.05) is 35.0 Å². The lowest BCUT2D eigenvalue weighted by atomic mass is 10.1. The van der Waals surface area contributed by atoms with Crippen LogP contribution in [0, 0.1) is 0 Å². The Bertz CT molecular complexity index is 804. The number of aryl methyl sites for hydroxylation is 2. The van der Waals surface area contributed by atoms with Crippen LogP contribution in [0.1, 0.15) is 35.1 Å². The molecule has 1 aromatic carbocycles. The van der Waals surface area contributed by atoms with Crippen molar-refractivity contribution >= 4 is 34.5 Å². The molecule has 0 unspecified atom stereocenters. The molecule has 146 valence electrons. The molecule has 2 amide bonds. The van der Waals surface area contributed by atoms with Crippen molar-refractivity contribution in [3.63, 3.8) is 0 Å². The molecule has 2 heterocycles. The van der Waals surface area contributed by atoms with Gasteiger partial charge in [-0.15, -0.1) is 0 Å². The van der Waals surface area contributed by atoms with Gasteiger partial charge in [-0.1, -0.05) is 24.3 Å². The molecule has 0 saturated carbocycles. The SMILES string of the molecule is O=C(CCc1ccsc1)NCc1cccc(CNC(=O)CCc2ccsc2)c1. The zero-order chi connectivity index (χ0) is 19.6. The number of hydrogen-bond donors (Lipinski definition) is 2. The van der Waals surface area contributed by atoms with Crippen LogP contribution in [0.15, 0.2) is 57.9 Å². The number of carbonyl (C=O) groups excluding carboxylic acids is 2. The Labute approximate surface area is 173 Å². The van der Waals surface area contributed by atoms with Gasteiger partial charge in [-0.25, -0.2) is 0 Å². The van der Waals surface area contributed by atoms with Crippen molar-refractivity contribution in [1.29, 1.82) is 0 Å². The molecule has 0 aliphatic rings. The zero-order valence-corrected chi connectivity index (χ0v) is 17.3. The fourth-order valence-corrected chi connectivity index (χ4v) is 4.22. The minimum absolute atomic E-state index is 0.0540. The standard InChI is InChI=1S/C22H24N2O2S2/c25-21(6-4-17-8-10-27-15-17)23-13-19-2-1-3-20(12-19)14-24-22(26)7-5-18-9-11-28-16-18/h1-3,8-12,15-16H,4-7,13-14H2,(H,23,25)(H,24,26). The molecule has 0 bridgehead atoms. The van der Waals surface area contributed by atoms with Gasteiger partial charge in [0.25, 0.3) is 0 Å². The minimum Gasteiger partial charge on any atom is -0.352 e. The second kappa shape index (κ2) is 10.8. The molecule has 2 N–H and O–H groups in total. The molecule has 0 spiro atoms. The van der Waals surface area contributed by atoms with Crippen molar-refractivity contribution in [1.82, 2.24) is 10.6 Å². The highest BCUT2D eigenvalue weighted by Crippen LogP contribution is 2.10. The molecule has 0 saturated heterocycles. The summed E-state index contributed by atoms with van der Waals surface area (Å²) in [5.74, 6) is 0.108. The second-order valence-electron chi connectivity index (χ2n) is 6.64. The summed E-state index contributed by atoms with van der Waals surface area (Å²) < 4.78 is 0. The minimum atomic E-state index is 0.0540. The molecule has 0 aliphatic heterocycles. The number of amides is 2. The molecular formula is C22H24N2O2S2. The van der Waals surface area contributed by atoms with E-state index in [1.165, 1.54) is 11.1 Å². The predicted octanol–water partition coefficient (Wildman–Crippen LogP) is 4.31. The molecule has 0 atom stereocenters. The monoisotopic (exact) mass is 412 g/mol. The molecule has 3 aromatic rings. The van der Waals surface area contributed by atoms with Gasteiger partial charge in [0.15, 0.2) is 0 Å². The van der Waals surface area contributed by atoms with E-state index in [2.05, 4.69) is 33.5 Å². The van der Waals surface area contributed by atoms with Gasteiger partial charge in [-0.3, -0.25) is 9.59 Å². The summed E-state index contributed by atoms with van der Waals surface area (Å²) in [5, 5.41) is 14.1. The summed E-state index contributed by atoms with van der Waals surface area (Å²) in [6.07, 6.45) is 2.53. The Hall–Kier alpha value is -2.44. The first-order valence-electron chi connectivity index (χ1n) is 9.32. The Morgan fingerprint density at radius 2 is 1.21 bits per heavy atom. The smallest absolute Gasteiger partial charge is 0.220 e. The lowest BCUT2D eigenvalue weighted by molar-refractivity contribution is -0.122. The van der Waals surface area contributed by atoms with Crippen molar-refractivity contribution < 1.29 is 9.59 Å². The maximum absolute atomic E-state index is 12.0. The van der Waals surface area contributed by atoms with Crippen molar-refractivity contribution in [2.24, 2.45) is 0 Å². The van der Waals surface area contributed by atoms with E-state index >= 15 is 0 Å². The highest BCUT2D eigenvalue weighted by atomic mass is 32.1. The number of carbonyl (C=O) groups is 2. The van der Waals surface area contributed by atoms with Crippen molar-refractivity contribution in [3.8, 4) is 0 Å². The normalized spacial score (nSPS) is 10.6. The van der Waals surface area contributed by atoms with Gasteiger partial charge >= 0.3 is 0 Å². The Balaban J connectivity index is 1.38. The quantitative estimate of drug-likeness (QED) is 0.521. The van der Waals surface area contributed by atoms with Crippen LogP contribution in [0.2, 0.25) is 0 Å². The fraction of sp³-hybridized carbons (Fsp3) is 0.273. The van der Waals surface area contributed by atoms with Gasteiger partial charge in [0.1, 0.15) is 0 Å². The lowest BCUT2D eigenvalue weighted by Crippen LogP contribution is -2.24. The van der Waals surface area contributed by atoms with Crippen LogP contribution in [-0.2, 0) is 35.5 Å². The Morgan fingerprint density at radius 3 is 1.64 bits per heavy atom. The number of hydrogen-bond acceptors (Lipinski definition) is 4. The summed E-state index contributed by atoms with van der Waals surface area (Å²) in [6, 6.07) is 12.1. The first kappa shape index (κ1) is 20.3. The topological polar surface area (TPSA) is 58.2 Å². The first-order chi connectivity index (χ1) is 13.7. The van der Waals surface area contributed by atoms with E-state index in [9.17, 15) is 9.59 Å². The van der Waals surface area contributed by atoms with Gasteiger partial charge in [0, 0.05) is 25.9 Å². The van der Waals surface area contributed by atoms with Gasteiger partial charge < -0.3 is 10.6 Å². The maximum Gasteiger partial charge on any atom is 0.220 e. The van der Waals surface area contributed by atoms with E-state index < -0.39 is 0 Å². The molecule has 0 radical (unpaired) electrons. The summed E-state index contributed by atoms with van der Waals surface area (Å²) in [7, 11) is 0. The van der Waals surface area contributed by atoms with Crippen LogP contribution in [0.3, 0.4) is 0 Å². The molecule has 2 aromatic heterocycles. The third-order valence-corrected chi connectivity index (χ3v) is 5.88. The number of rotatable bonds is 10. The van der Waals surface area contributed by atoms with Crippen LogP contribution < -0.4 is 10.6 Å². The largest absolute Gasteiger partial charge is 0.352 e. The molecule has 3 rings (SSSR count). The van der Waals surface area contributed by atoms with Crippen molar-refractivity contribution in [3.05, 3.63) is 80.2 Å². The highest BCUT2D eigenvalue weighted by molar-refractivity contribution is 7.08. The molecule has 28 heavy (non-hydrogen) atoms. The zero-order valence-electron chi connectivity index (χ0n) is 15.6. The summed E-state index contributed by atoms with van der Waals surface area (Å²) in [4.78, 5) is 24.0. The van der Waals surface area contributed by atoms with Crippen LogP contribution in [0.5, 0.6) is 0 Å². The van der Waals surface area contributed by atoms with E-state index in [0.29, 0.717) is 25.9 Å². The van der Waals surface area contributed by atoms with Gasteiger partial charge in [0.2, 0.25) is 11.8 Å². The average molecular weight is 413 g/mol. The van der Waals surface area contributed by atoms with Gasteiger partial charge in [-0.2, -0.15) is 22.7 Å². The molecule has 4 nitrogen and oxygen atoms in total. The predicted molar refractivity (Wildman–Crippen MR) is 115 cm³/mol. The van der Waals surface area contributed by atoms with Gasteiger partial charge in [-0.05, 0) is 68.7 Å². The molecular weight excluding hydrogens is 388 g/mol. The molecule has 6 heteroatoms. The first-order valence-corrected chi connectivity index (χ1v) is 11.2. The summed E-state index contributed by atoms with van der Waals surface area (Å²) >= 11 is 3.30. The van der Waals surface area contributed by atoms with Gasteiger partial charge in [0.05, 0.1) is 0 Å². The highest BCUT2D eigenvalue weighted by Gasteiger charge is 2.05. The lowest BCUT2D eigenvalue weighted by Gasteiger charge is -2.09. The van der Waals surface area contributed by atoms with Crippen molar-refractivity contribution in [2.75, 3.05) is 0 Å². The molecule has 0 fully saturated rings. The second-order valence-corrected chi connectivity index (χ2v) is 8.20. The number of thiophene rings is 2. The third kappa shape index (κ3) is 6.94. The Morgan fingerprint density at radius 1 is 0.714 bits per heavy atom. The van der Waals surface area contributed by atoms with Crippen LogP contribution >= 0.6 is 22.7 Å². The summed E-state index contributed by atoms with van der Waals surface area (Å²) in [5.41, 5.74) is 4.48.